The van der Waals surface area contributed by atoms with E-state index < -0.39 is 65.3 Å². The molecule has 0 spiro atoms. The van der Waals surface area contributed by atoms with Crippen molar-refractivity contribution in [2.75, 3.05) is 19.7 Å². The van der Waals surface area contributed by atoms with Gasteiger partial charge >= 0.3 is 5.97 Å². The fraction of sp³-hybridized carbons (Fsp3) is 0.432. The minimum Gasteiger partial charge on any atom is -0.480 e. The van der Waals surface area contributed by atoms with Gasteiger partial charge in [-0.25, -0.2) is 13.6 Å². The number of aliphatic hydroxyl groups excluding tert-OH is 1. The SMILES string of the molecule is CCC(=O)NCC(=O)CC[C@@H](NC(=O)[C@@H](N)CCN(C(=O)CO)[C@@H](c1cc(-c2cc(F)ccc2F)cn1Cc1ccccc1)C(C)(C)C)C(=O)O. The summed E-state index contributed by atoms with van der Waals surface area (Å²) in [5, 5.41) is 24.5. The van der Waals surface area contributed by atoms with Crippen molar-refractivity contribution in [1.29, 1.82) is 0 Å². The summed E-state index contributed by atoms with van der Waals surface area (Å²) in [4.78, 5) is 63.3. The Bertz CT molecular complexity index is 1690. The Morgan fingerprint density at radius 1 is 1.00 bits per heavy atom. The predicted molar refractivity (Wildman–Crippen MR) is 186 cm³/mol. The molecule has 3 rings (SSSR count). The van der Waals surface area contributed by atoms with Gasteiger partial charge in [-0.15, -0.1) is 0 Å². The molecule has 3 atom stereocenters. The lowest BCUT2D eigenvalue weighted by molar-refractivity contribution is -0.142. The van der Waals surface area contributed by atoms with Crippen LogP contribution in [-0.4, -0.2) is 80.9 Å². The summed E-state index contributed by atoms with van der Waals surface area (Å²) in [7, 11) is 0. The summed E-state index contributed by atoms with van der Waals surface area (Å²) >= 11 is 0. The van der Waals surface area contributed by atoms with Crippen LogP contribution >= 0.6 is 0 Å². The summed E-state index contributed by atoms with van der Waals surface area (Å²) in [6, 6.07) is 10.7. The van der Waals surface area contributed by atoms with E-state index in [4.69, 9.17) is 5.73 Å². The molecule has 0 bridgehead atoms. The lowest BCUT2D eigenvalue weighted by Gasteiger charge is -2.41. The molecule has 0 aliphatic heterocycles. The number of ketones is 1. The number of hydrogen-bond acceptors (Lipinski definition) is 7. The maximum absolute atomic E-state index is 15.0. The number of amides is 3. The number of carbonyl (C=O) groups is 5. The van der Waals surface area contributed by atoms with Crippen molar-refractivity contribution >= 4 is 29.5 Å². The Labute approximate surface area is 296 Å². The third-order valence-corrected chi connectivity index (χ3v) is 8.38. The third-order valence-electron chi connectivity index (χ3n) is 8.38. The number of aromatic nitrogens is 1. The van der Waals surface area contributed by atoms with Gasteiger partial charge in [0.05, 0.1) is 18.6 Å². The first-order chi connectivity index (χ1) is 24.0. The van der Waals surface area contributed by atoms with Crippen LogP contribution in [0.3, 0.4) is 0 Å². The highest BCUT2D eigenvalue weighted by molar-refractivity contribution is 5.88. The minimum absolute atomic E-state index is 0.0230. The van der Waals surface area contributed by atoms with E-state index in [1.54, 1.807) is 19.2 Å². The zero-order valence-corrected chi connectivity index (χ0v) is 29.3. The second-order valence-corrected chi connectivity index (χ2v) is 13.4. The Kier molecular flexibility index (Phi) is 14.6. The van der Waals surface area contributed by atoms with Crippen LogP contribution in [0.2, 0.25) is 0 Å². The summed E-state index contributed by atoms with van der Waals surface area (Å²) in [5.74, 6) is -4.88. The molecular formula is C37H47F2N5O7. The van der Waals surface area contributed by atoms with E-state index >= 15 is 0 Å². The molecule has 51 heavy (non-hydrogen) atoms. The summed E-state index contributed by atoms with van der Waals surface area (Å²) in [6.07, 6.45) is 1.28. The minimum atomic E-state index is -1.44. The molecule has 0 saturated carbocycles. The van der Waals surface area contributed by atoms with E-state index in [1.165, 1.54) is 4.90 Å². The quantitative estimate of drug-likeness (QED) is 0.133. The van der Waals surface area contributed by atoms with Gasteiger partial charge in [0.25, 0.3) is 0 Å². The number of Topliss-reactive ketones (excluding diaryl/α,β-unsaturated/α-hetero) is 1. The monoisotopic (exact) mass is 711 g/mol. The van der Waals surface area contributed by atoms with Crippen LogP contribution in [0, 0.1) is 17.0 Å². The molecular weight excluding hydrogens is 664 g/mol. The number of aliphatic carboxylic acids is 1. The van der Waals surface area contributed by atoms with Crippen molar-refractivity contribution in [3.05, 3.63) is 83.7 Å². The highest BCUT2D eigenvalue weighted by Crippen LogP contribution is 2.41. The van der Waals surface area contributed by atoms with Gasteiger partial charge in [0.1, 0.15) is 24.3 Å². The number of rotatable bonds is 18. The maximum Gasteiger partial charge on any atom is 0.326 e. The molecule has 12 nitrogen and oxygen atoms in total. The van der Waals surface area contributed by atoms with Crippen molar-refractivity contribution in [2.24, 2.45) is 11.1 Å². The number of aliphatic hydroxyl groups is 1. The molecule has 3 amide bonds. The van der Waals surface area contributed by atoms with Crippen molar-refractivity contribution in [1.82, 2.24) is 20.1 Å². The van der Waals surface area contributed by atoms with Crippen LogP contribution in [0.1, 0.15) is 70.7 Å². The highest BCUT2D eigenvalue weighted by atomic mass is 19.1. The first kappa shape index (κ1) is 40.5. The molecule has 0 radical (unpaired) electrons. The molecule has 276 valence electrons. The number of carbonyl (C=O) groups excluding carboxylic acids is 4. The van der Waals surface area contributed by atoms with Gasteiger partial charge in [-0.3, -0.25) is 19.2 Å². The van der Waals surface area contributed by atoms with E-state index in [0.29, 0.717) is 17.8 Å². The van der Waals surface area contributed by atoms with Crippen LogP contribution in [0.4, 0.5) is 8.78 Å². The lowest BCUT2D eigenvalue weighted by Crippen LogP contribution is -2.50. The first-order valence-corrected chi connectivity index (χ1v) is 16.7. The van der Waals surface area contributed by atoms with Crippen molar-refractivity contribution < 1.29 is 43.0 Å². The fourth-order valence-corrected chi connectivity index (χ4v) is 5.76. The Hall–Kier alpha value is -4.95. The molecule has 14 heteroatoms. The topological polar surface area (TPSA) is 184 Å². The number of carboxylic acid groups (broad SMARTS) is 1. The molecule has 0 unspecified atom stereocenters. The predicted octanol–water partition coefficient (Wildman–Crippen LogP) is 3.55. The fourth-order valence-electron chi connectivity index (χ4n) is 5.76. The summed E-state index contributed by atoms with van der Waals surface area (Å²) in [5.41, 5.74) is 7.32. The molecule has 1 aromatic heterocycles. The van der Waals surface area contributed by atoms with Crippen LogP contribution in [0.15, 0.2) is 60.8 Å². The lowest BCUT2D eigenvalue weighted by atomic mass is 9.82. The van der Waals surface area contributed by atoms with Gasteiger partial charge in [0.15, 0.2) is 5.78 Å². The Morgan fingerprint density at radius 2 is 1.69 bits per heavy atom. The van der Waals surface area contributed by atoms with Crippen LogP contribution in [0.5, 0.6) is 0 Å². The average Bonchev–Trinajstić information content (AvgIpc) is 3.49. The van der Waals surface area contributed by atoms with Crippen LogP contribution < -0.4 is 16.4 Å². The van der Waals surface area contributed by atoms with E-state index in [9.17, 15) is 43.0 Å². The number of hydrogen-bond donors (Lipinski definition) is 5. The summed E-state index contributed by atoms with van der Waals surface area (Å²) in [6.45, 7) is 6.29. The number of carboxylic acids is 1. The van der Waals surface area contributed by atoms with Crippen LogP contribution in [0.25, 0.3) is 11.1 Å². The van der Waals surface area contributed by atoms with E-state index in [2.05, 4.69) is 10.6 Å². The molecule has 3 aromatic rings. The Balaban J connectivity index is 1.90. The van der Waals surface area contributed by atoms with Crippen molar-refractivity contribution in [3.63, 3.8) is 0 Å². The van der Waals surface area contributed by atoms with Crippen molar-refractivity contribution in [3.8, 4) is 11.1 Å². The standard InChI is InChI=1S/C37H47F2N5O7/c1-5-32(47)41-19-26(46)12-14-30(36(50)51)42-35(49)29(40)15-16-44(33(48)22-45)34(37(2,3)4)31-17-24(27-18-25(38)11-13-28(27)39)21-43(31)20-23-9-7-6-8-10-23/h6-11,13,17-18,21,29-30,34,45H,5,12,14-16,19-20,22,40H2,1-4H3,(H,41,47)(H,42,49)(H,50,51)/t29-,30+,34-/m0/s1. The Morgan fingerprint density at radius 3 is 2.29 bits per heavy atom. The van der Waals surface area contributed by atoms with E-state index in [0.717, 1.165) is 23.8 Å². The molecule has 0 aliphatic rings. The van der Waals surface area contributed by atoms with Crippen LogP contribution in [-0.2, 0) is 30.5 Å². The molecule has 2 aromatic carbocycles. The van der Waals surface area contributed by atoms with Gasteiger partial charge < -0.3 is 36.0 Å². The first-order valence-electron chi connectivity index (χ1n) is 16.7. The summed E-state index contributed by atoms with van der Waals surface area (Å²) < 4.78 is 31.1. The van der Waals surface area contributed by atoms with Gasteiger partial charge in [0, 0.05) is 48.9 Å². The zero-order valence-electron chi connectivity index (χ0n) is 29.3. The van der Waals surface area contributed by atoms with Gasteiger partial charge in [-0.1, -0.05) is 58.0 Å². The average molecular weight is 712 g/mol. The second-order valence-electron chi connectivity index (χ2n) is 13.4. The third kappa shape index (κ3) is 11.5. The van der Waals surface area contributed by atoms with Gasteiger partial charge in [0.2, 0.25) is 17.7 Å². The highest BCUT2D eigenvalue weighted by Gasteiger charge is 2.37. The largest absolute Gasteiger partial charge is 0.480 e. The smallest absolute Gasteiger partial charge is 0.326 e. The van der Waals surface area contributed by atoms with Gasteiger partial charge in [-0.2, -0.15) is 0 Å². The normalized spacial score (nSPS) is 13.2. The molecule has 6 N–H and O–H groups in total. The number of nitrogens with two attached hydrogens (primary N) is 1. The molecule has 1 heterocycles. The van der Waals surface area contributed by atoms with E-state index in [-0.39, 0.29) is 50.2 Å². The van der Waals surface area contributed by atoms with Gasteiger partial charge in [-0.05, 0) is 48.1 Å². The second kappa shape index (κ2) is 18.3. The molecule has 0 fully saturated rings. The number of nitrogens with zero attached hydrogens (tertiary/aromatic N) is 2. The number of benzene rings is 2. The molecule has 0 saturated heterocycles. The number of halogens is 2. The number of nitrogens with one attached hydrogen (secondary N) is 2. The van der Waals surface area contributed by atoms with E-state index in [1.807, 2.05) is 55.7 Å². The maximum atomic E-state index is 15.0. The van der Waals surface area contributed by atoms with Crippen molar-refractivity contribution in [2.45, 2.75) is 78.0 Å². The molecule has 0 aliphatic carbocycles. The zero-order chi connectivity index (χ0) is 37.9.